The minimum Gasteiger partial charge on any atom is -0.459 e. The third-order valence-corrected chi connectivity index (χ3v) is 5.56. The van der Waals surface area contributed by atoms with Crippen molar-refractivity contribution in [2.24, 2.45) is 0 Å². The number of carbonyl (C=O) groups excluding carboxylic acids is 1. The molecule has 4 rings (SSSR count). The predicted molar refractivity (Wildman–Crippen MR) is 105 cm³/mol. The molecule has 0 bridgehead atoms. The van der Waals surface area contributed by atoms with Gasteiger partial charge >= 0.3 is 6.18 Å². The van der Waals surface area contributed by atoms with Gasteiger partial charge in [0.25, 0.3) is 5.91 Å². The predicted octanol–water partition coefficient (Wildman–Crippen LogP) is 3.94. The zero-order valence-electron chi connectivity index (χ0n) is 15.4. The zero-order chi connectivity index (χ0) is 20.6. The van der Waals surface area contributed by atoms with Crippen molar-refractivity contribution in [1.29, 1.82) is 0 Å². The third kappa shape index (κ3) is 4.51. The molecule has 1 N–H and O–H groups in total. The van der Waals surface area contributed by atoms with E-state index in [1.54, 1.807) is 4.90 Å². The zero-order valence-corrected chi connectivity index (χ0v) is 17.0. The summed E-state index contributed by atoms with van der Waals surface area (Å²) < 4.78 is 44.6. The van der Waals surface area contributed by atoms with Crippen LogP contribution in [0, 0.1) is 0 Å². The molecule has 29 heavy (non-hydrogen) atoms. The number of carbonyl (C=O) groups is 1. The second-order valence-corrected chi connectivity index (χ2v) is 7.99. The average molecular weight is 470 g/mol. The van der Waals surface area contributed by atoms with Crippen molar-refractivity contribution in [2.45, 2.75) is 18.9 Å². The van der Waals surface area contributed by atoms with E-state index in [-0.39, 0.29) is 5.91 Å². The molecule has 1 saturated heterocycles. The van der Waals surface area contributed by atoms with Crippen LogP contribution in [0.4, 0.5) is 18.9 Å². The molecule has 0 aliphatic carbocycles. The molecule has 2 heterocycles. The maximum absolute atomic E-state index is 12.8. The highest BCUT2D eigenvalue weighted by molar-refractivity contribution is 9.10. The lowest BCUT2D eigenvalue weighted by Gasteiger charge is -2.35. The molecule has 9 heteroatoms. The van der Waals surface area contributed by atoms with E-state index >= 15 is 0 Å². The molecule has 2 aromatic rings. The fraction of sp³-hybridized carbons (Fsp3) is 0.350. The summed E-state index contributed by atoms with van der Waals surface area (Å²) in [4.78, 5) is 16.6. The maximum Gasteiger partial charge on any atom is 0.416 e. The lowest BCUT2D eigenvalue weighted by atomic mass is 10.1. The number of hydrogen-bond acceptors (Lipinski definition) is 4. The first-order valence-electron chi connectivity index (χ1n) is 9.19. The van der Waals surface area contributed by atoms with Crippen LogP contribution >= 0.6 is 15.9 Å². The monoisotopic (exact) mass is 469 g/mol. The minimum absolute atomic E-state index is 0.119. The van der Waals surface area contributed by atoms with E-state index < -0.39 is 18.0 Å². The van der Waals surface area contributed by atoms with Crippen LogP contribution in [0.1, 0.15) is 11.1 Å². The number of piperazine rings is 1. The normalized spacial score (nSPS) is 19.4. The molecule has 0 aromatic heterocycles. The third-order valence-electron chi connectivity index (χ3n) is 5.07. The van der Waals surface area contributed by atoms with Gasteiger partial charge in [0.15, 0.2) is 0 Å². The van der Waals surface area contributed by atoms with E-state index in [1.807, 2.05) is 18.2 Å². The molecular weight excluding hydrogens is 451 g/mol. The fourth-order valence-electron chi connectivity index (χ4n) is 3.48. The number of rotatable bonds is 3. The van der Waals surface area contributed by atoms with Gasteiger partial charge in [-0.25, -0.2) is 0 Å². The Labute approximate surface area is 174 Å². The Kier molecular flexibility index (Phi) is 5.44. The Hall–Kier alpha value is -2.26. The van der Waals surface area contributed by atoms with Crippen LogP contribution in [0.5, 0.6) is 5.75 Å². The smallest absolute Gasteiger partial charge is 0.416 e. The van der Waals surface area contributed by atoms with Crippen LogP contribution in [0.3, 0.4) is 0 Å². The van der Waals surface area contributed by atoms with Gasteiger partial charge in [0.1, 0.15) is 5.75 Å². The topological polar surface area (TPSA) is 44.8 Å². The lowest BCUT2D eigenvalue weighted by Crippen LogP contribution is -2.53. The van der Waals surface area contributed by atoms with E-state index in [0.29, 0.717) is 38.5 Å². The second-order valence-electron chi connectivity index (χ2n) is 7.08. The number of fused-ring (bicyclic) bond motifs is 1. The molecule has 0 radical (unpaired) electrons. The molecule has 2 aliphatic heterocycles. The maximum atomic E-state index is 12.8. The van der Waals surface area contributed by atoms with E-state index in [1.165, 1.54) is 12.1 Å². The quantitative estimate of drug-likeness (QED) is 0.739. The number of anilines is 1. The van der Waals surface area contributed by atoms with E-state index in [9.17, 15) is 18.0 Å². The van der Waals surface area contributed by atoms with Crippen LogP contribution < -0.4 is 10.1 Å². The number of hydrogen-bond donors (Lipinski definition) is 1. The lowest BCUT2D eigenvalue weighted by molar-refractivity contribution is -0.139. The number of benzene rings is 2. The Morgan fingerprint density at radius 2 is 1.79 bits per heavy atom. The Balaban J connectivity index is 1.29. The average Bonchev–Trinajstić information content (AvgIpc) is 3.11. The molecule has 5 nitrogen and oxygen atoms in total. The van der Waals surface area contributed by atoms with E-state index in [2.05, 4.69) is 26.1 Å². The van der Waals surface area contributed by atoms with E-state index in [0.717, 1.165) is 27.9 Å². The second kappa shape index (κ2) is 7.87. The number of alkyl halides is 3. The highest BCUT2D eigenvalue weighted by atomic mass is 79.9. The first-order valence-corrected chi connectivity index (χ1v) is 9.99. The summed E-state index contributed by atoms with van der Waals surface area (Å²) in [5.41, 5.74) is 0.951. The van der Waals surface area contributed by atoms with Crippen molar-refractivity contribution in [3.8, 4) is 5.75 Å². The molecule has 0 spiro atoms. The van der Waals surface area contributed by atoms with E-state index in [4.69, 9.17) is 4.74 Å². The number of amides is 1. The number of ether oxygens (including phenoxy) is 1. The molecule has 1 unspecified atom stereocenters. The molecule has 1 atom stereocenters. The van der Waals surface area contributed by atoms with Crippen molar-refractivity contribution in [3.05, 3.63) is 58.1 Å². The van der Waals surface area contributed by atoms with Gasteiger partial charge in [-0.1, -0.05) is 28.1 Å². The summed E-state index contributed by atoms with van der Waals surface area (Å²) >= 11 is 3.39. The van der Waals surface area contributed by atoms with Crippen molar-refractivity contribution in [2.75, 3.05) is 31.5 Å². The SMILES string of the molecule is O=C(C1Nc2cc(Br)ccc2O1)N1CCN(Cc2ccc(C(F)(F)F)cc2)CC1. The summed E-state index contributed by atoms with van der Waals surface area (Å²) in [5.74, 6) is 0.527. The van der Waals surface area contributed by atoms with Crippen molar-refractivity contribution in [1.82, 2.24) is 9.80 Å². The Bertz CT molecular complexity index is 897. The summed E-state index contributed by atoms with van der Waals surface area (Å²) in [7, 11) is 0. The van der Waals surface area contributed by atoms with Gasteiger partial charge in [-0.15, -0.1) is 0 Å². The van der Waals surface area contributed by atoms with Gasteiger partial charge < -0.3 is 15.0 Å². The molecule has 2 aromatic carbocycles. The van der Waals surface area contributed by atoms with Crippen LogP contribution in [-0.4, -0.2) is 48.1 Å². The van der Waals surface area contributed by atoms with Crippen molar-refractivity contribution < 1.29 is 22.7 Å². The minimum atomic E-state index is -4.32. The van der Waals surface area contributed by atoms with Gasteiger partial charge in [-0.3, -0.25) is 9.69 Å². The molecule has 1 amide bonds. The fourth-order valence-corrected chi connectivity index (χ4v) is 3.84. The highest BCUT2D eigenvalue weighted by Gasteiger charge is 2.33. The summed E-state index contributed by atoms with van der Waals surface area (Å²) in [6.07, 6.45) is -5.06. The number of nitrogens with zero attached hydrogens (tertiary/aromatic N) is 2. The Morgan fingerprint density at radius 3 is 2.45 bits per heavy atom. The first-order chi connectivity index (χ1) is 13.8. The molecule has 154 valence electrons. The summed E-state index contributed by atoms with van der Waals surface area (Å²) in [6.45, 7) is 2.94. The number of nitrogens with one attached hydrogen (secondary N) is 1. The summed E-state index contributed by atoms with van der Waals surface area (Å²) in [6, 6.07) is 10.8. The van der Waals surface area contributed by atoms with Gasteiger partial charge in [-0.05, 0) is 35.9 Å². The summed E-state index contributed by atoms with van der Waals surface area (Å²) in [5, 5.41) is 3.09. The van der Waals surface area contributed by atoms with Crippen LogP contribution in [-0.2, 0) is 17.5 Å². The van der Waals surface area contributed by atoms with Crippen molar-refractivity contribution >= 4 is 27.5 Å². The van der Waals surface area contributed by atoms with Crippen LogP contribution in [0.2, 0.25) is 0 Å². The van der Waals surface area contributed by atoms with Gasteiger partial charge in [-0.2, -0.15) is 13.2 Å². The van der Waals surface area contributed by atoms with Gasteiger partial charge in [0, 0.05) is 37.2 Å². The number of halogens is 4. The molecule has 2 aliphatic rings. The largest absolute Gasteiger partial charge is 0.459 e. The Morgan fingerprint density at radius 1 is 1.10 bits per heavy atom. The van der Waals surface area contributed by atoms with Crippen LogP contribution in [0.25, 0.3) is 0 Å². The molecule has 1 fully saturated rings. The van der Waals surface area contributed by atoms with Gasteiger partial charge in [0.05, 0.1) is 11.3 Å². The standard InChI is InChI=1S/C20H19BrF3N3O2/c21-15-5-6-17-16(11-15)25-18(29-17)19(28)27-9-7-26(8-10-27)12-13-1-3-14(4-2-13)20(22,23)24/h1-6,11,18,25H,7-10,12H2. The van der Waals surface area contributed by atoms with Crippen molar-refractivity contribution in [3.63, 3.8) is 0 Å². The first kappa shape index (κ1) is 20.0. The molecule has 0 saturated carbocycles. The van der Waals surface area contributed by atoms with Crippen LogP contribution in [0.15, 0.2) is 46.9 Å². The highest BCUT2D eigenvalue weighted by Crippen LogP contribution is 2.34. The van der Waals surface area contributed by atoms with Gasteiger partial charge in [0.2, 0.25) is 6.23 Å². The molecular formula is C20H19BrF3N3O2.